The van der Waals surface area contributed by atoms with Gasteiger partial charge >= 0.3 is 5.97 Å². The molecule has 0 fully saturated rings. The molecule has 1 unspecified atom stereocenters. The maximum absolute atomic E-state index is 11.0. The summed E-state index contributed by atoms with van der Waals surface area (Å²) in [6.45, 7) is 7.53. The Morgan fingerprint density at radius 2 is 2.24 bits per heavy atom. The van der Waals surface area contributed by atoms with E-state index in [2.05, 4.69) is 16.8 Å². The Labute approximate surface area is 103 Å². The molecule has 4 heteroatoms. The van der Waals surface area contributed by atoms with Crippen molar-refractivity contribution in [2.24, 2.45) is 5.92 Å². The van der Waals surface area contributed by atoms with Crippen LogP contribution in [0.3, 0.4) is 0 Å². The number of nitrogens with one attached hydrogen (secondary N) is 1. The second-order valence-corrected chi connectivity index (χ2v) is 4.63. The third-order valence-corrected chi connectivity index (χ3v) is 2.82. The van der Waals surface area contributed by atoms with Crippen LogP contribution in [0, 0.1) is 5.92 Å². The molecule has 0 saturated carbocycles. The highest BCUT2D eigenvalue weighted by Gasteiger charge is 2.20. The van der Waals surface area contributed by atoms with Crippen molar-refractivity contribution in [1.29, 1.82) is 0 Å². The molecule has 0 spiro atoms. The normalized spacial score (nSPS) is 12.9. The van der Waals surface area contributed by atoms with Gasteiger partial charge in [0.25, 0.3) is 0 Å². The Hall–Kier alpha value is -1.29. The van der Waals surface area contributed by atoms with E-state index in [1.165, 1.54) is 0 Å². The molecule has 0 aromatic carbocycles. The van der Waals surface area contributed by atoms with Crippen LogP contribution in [0.15, 0.2) is 18.3 Å². The number of aromatic nitrogens is 1. The van der Waals surface area contributed by atoms with Crippen LogP contribution in [0.1, 0.15) is 32.9 Å². The topological polar surface area (TPSA) is 54.3 Å². The molecule has 0 aliphatic rings. The SMILES string of the molecule is CCCn1cccc1CNC(C(=O)O)C(C)C. The first-order valence-corrected chi connectivity index (χ1v) is 6.16. The lowest BCUT2D eigenvalue weighted by molar-refractivity contribution is -0.140. The van der Waals surface area contributed by atoms with Crippen molar-refractivity contribution in [3.05, 3.63) is 24.0 Å². The van der Waals surface area contributed by atoms with Gasteiger partial charge in [-0.05, 0) is 24.5 Å². The average Bonchev–Trinajstić information content (AvgIpc) is 2.65. The zero-order valence-corrected chi connectivity index (χ0v) is 10.8. The highest BCUT2D eigenvalue weighted by Crippen LogP contribution is 2.07. The molecule has 0 amide bonds. The lowest BCUT2D eigenvalue weighted by atomic mass is 10.0. The molecular weight excluding hydrogens is 216 g/mol. The van der Waals surface area contributed by atoms with E-state index in [0.29, 0.717) is 6.54 Å². The van der Waals surface area contributed by atoms with E-state index >= 15 is 0 Å². The van der Waals surface area contributed by atoms with Crippen LogP contribution in [-0.2, 0) is 17.9 Å². The third kappa shape index (κ3) is 3.89. The van der Waals surface area contributed by atoms with Crippen LogP contribution >= 0.6 is 0 Å². The van der Waals surface area contributed by atoms with Gasteiger partial charge in [-0.25, -0.2) is 0 Å². The zero-order chi connectivity index (χ0) is 12.8. The summed E-state index contributed by atoms with van der Waals surface area (Å²) >= 11 is 0. The number of carbonyl (C=O) groups is 1. The number of rotatable bonds is 7. The van der Waals surface area contributed by atoms with Gasteiger partial charge < -0.3 is 9.67 Å². The number of nitrogens with zero attached hydrogens (tertiary/aromatic N) is 1. The molecule has 96 valence electrons. The summed E-state index contributed by atoms with van der Waals surface area (Å²) < 4.78 is 2.16. The predicted octanol–water partition coefficient (Wildman–Crippen LogP) is 2.10. The van der Waals surface area contributed by atoms with Crippen LogP contribution in [-0.4, -0.2) is 21.7 Å². The van der Waals surface area contributed by atoms with E-state index in [1.807, 2.05) is 32.2 Å². The van der Waals surface area contributed by atoms with Crippen LogP contribution in [0.25, 0.3) is 0 Å². The molecule has 0 radical (unpaired) electrons. The van der Waals surface area contributed by atoms with Crippen molar-refractivity contribution in [3.63, 3.8) is 0 Å². The molecule has 0 aliphatic heterocycles. The molecule has 0 aliphatic carbocycles. The van der Waals surface area contributed by atoms with Crippen LogP contribution in [0.2, 0.25) is 0 Å². The van der Waals surface area contributed by atoms with E-state index < -0.39 is 12.0 Å². The van der Waals surface area contributed by atoms with Crippen LogP contribution in [0.4, 0.5) is 0 Å². The highest BCUT2D eigenvalue weighted by atomic mass is 16.4. The maximum atomic E-state index is 11.0. The lowest BCUT2D eigenvalue weighted by Gasteiger charge is -2.18. The van der Waals surface area contributed by atoms with E-state index in [1.54, 1.807) is 0 Å². The fourth-order valence-corrected chi connectivity index (χ4v) is 1.89. The van der Waals surface area contributed by atoms with E-state index in [0.717, 1.165) is 18.7 Å². The van der Waals surface area contributed by atoms with Gasteiger partial charge in [0.2, 0.25) is 0 Å². The fraction of sp³-hybridized carbons (Fsp3) is 0.615. The summed E-state index contributed by atoms with van der Waals surface area (Å²) in [6, 6.07) is 3.54. The first-order chi connectivity index (χ1) is 8.06. The predicted molar refractivity (Wildman–Crippen MR) is 67.8 cm³/mol. The van der Waals surface area contributed by atoms with Crippen molar-refractivity contribution in [1.82, 2.24) is 9.88 Å². The van der Waals surface area contributed by atoms with Crippen molar-refractivity contribution in [2.75, 3.05) is 0 Å². The van der Waals surface area contributed by atoms with E-state index in [-0.39, 0.29) is 5.92 Å². The highest BCUT2D eigenvalue weighted by molar-refractivity contribution is 5.73. The number of hydrogen-bond donors (Lipinski definition) is 2. The summed E-state index contributed by atoms with van der Waals surface area (Å²) in [5, 5.41) is 12.2. The minimum absolute atomic E-state index is 0.0853. The molecule has 1 heterocycles. The molecule has 0 bridgehead atoms. The first-order valence-electron chi connectivity index (χ1n) is 6.16. The summed E-state index contributed by atoms with van der Waals surface area (Å²) in [6.07, 6.45) is 3.11. The molecule has 1 rings (SSSR count). The summed E-state index contributed by atoms with van der Waals surface area (Å²) in [4.78, 5) is 11.0. The van der Waals surface area contributed by atoms with E-state index in [4.69, 9.17) is 5.11 Å². The minimum Gasteiger partial charge on any atom is -0.480 e. The average molecular weight is 238 g/mol. The second-order valence-electron chi connectivity index (χ2n) is 4.63. The molecule has 17 heavy (non-hydrogen) atoms. The van der Waals surface area contributed by atoms with Crippen molar-refractivity contribution >= 4 is 5.97 Å². The molecule has 2 N–H and O–H groups in total. The molecule has 1 aromatic rings. The number of carboxylic acid groups (broad SMARTS) is 1. The molecule has 4 nitrogen and oxygen atoms in total. The Bertz CT molecular complexity index is 358. The summed E-state index contributed by atoms with van der Waals surface area (Å²) in [5.41, 5.74) is 1.14. The minimum atomic E-state index is -0.784. The van der Waals surface area contributed by atoms with E-state index in [9.17, 15) is 4.79 Å². The fourth-order valence-electron chi connectivity index (χ4n) is 1.89. The van der Waals surface area contributed by atoms with Crippen molar-refractivity contribution in [3.8, 4) is 0 Å². The Morgan fingerprint density at radius 3 is 2.76 bits per heavy atom. The summed E-state index contributed by atoms with van der Waals surface area (Å²) in [7, 11) is 0. The Morgan fingerprint density at radius 1 is 1.53 bits per heavy atom. The van der Waals surface area contributed by atoms with Gasteiger partial charge in [0.15, 0.2) is 0 Å². The number of hydrogen-bond acceptors (Lipinski definition) is 2. The smallest absolute Gasteiger partial charge is 0.320 e. The number of aliphatic carboxylic acids is 1. The van der Waals surface area contributed by atoms with Crippen LogP contribution in [0.5, 0.6) is 0 Å². The molecule has 1 aromatic heterocycles. The maximum Gasteiger partial charge on any atom is 0.320 e. The standard InChI is InChI=1S/C13H22N2O2/c1-4-7-15-8-5-6-11(15)9-14-12(10(2)3)13(16)17/h5-6,8,10,12,14H,4,7,9H2,1-3H3,(H,16,17). The summed E-state index contributed by atoms with van der Waals surface area (Å²) in [5.74, 6) is -0.698. The third-order valence-electron chi connectivity index (χ3n) is 2.82. The van der Waals surface area contributed by atoms with Gasteiger partial charge in [0, 0.05) is 25.0 Å². The number of carboxylic acids is 1. The lowest BCUT2D eigenvalue weighted by Crippen LogP contribution is -2.40. The van der Waals surface area contributed by atoms with Gasteiger partial charge in [-0.2, -0.15) is 0 Å². The van der Waals surface area contributed by atoms with Gasteiger partial charge in [0.1, 0.15) is 6.04 Å². The van der Waals surface area contributed by atoms with Gasteiger partial charge in [-0.3, -0.25) is 10.1 Å². The molecule has 0 saturated heterocycles. The number of aryl methyl sites for hydroxylation is 1. The van der Waals surface area contributed by atoms with Gasteiger partial charge in [-0.1, -0.05) is 20.8 Å². The second kappa shape index (κ2) is 6.45. The van der Waals surface area contributed by atoms with Crippen molar-refractivity contribution < 1.29 is 9.90 Å². The largest absolute Gasteiger partial charge is 0.480 e. The Kier molecular flexibility index (Phi) is 5.22. The zero-order valence-electron chi connectivity index (χ0n) is 10.8. The van der Waals surface area contributed by atoms with Crippen molar-refractivity contribution in [2.45, 2.75) is 46.3 Å². The van der Waals surface area contributed by atoms with Gasteiger partial charge in [-0.15, -0.1) is 0 Å². The molecular formula is C13H22N2O2. The monoisotopic (exact) mass is 238 g/mol. The van der Waals surface area contributed by atoms with Crippen LogP contribution < -0.4 is 5.32 Å². The quantitative estimate of drug-likeness (QED) is 0.765. The molecule has 1 atom stereocenters. The Balaban J connectivity index is 2.59. The first kappa shape index (κ1) is 13.8. The van der Waals surface area contributed by atoms with Gasteiger partial charge in [0.05, 0.1) is 0 Å².